The van der Waals surface area contributed by atoms with Crippen LogP contribution in [0.4, 0.5) is 4.79 Å². The monoisotopic (exact) mass is 333 g/mol. The van der Waals surface area contributed by atoms with E-state index in [0.29, 0.717) is 5.56 Å². The van der Waals surface area contributed by atoms with Gasteiger partial charge in [-0.25, -0.2) is 10.2 Å². The number of amides is 3. The molecule has 0 saturated carbocycles. The van der Waals surface area contributed by atoms with Gasteiger partial charge in [0.1, 0.15) is 0 Å². The van der Waals surface area contributed by atoms with Crippen molar-refractivity contribution >= 4 is 34.5 Å². The second kappa shape index (κ2) is 5.69. The lowest BCUT2D eigenvalue weighted by atomic mass is 10.1. The van der Waals surface area contributed by atoms with Gasteiger partial charge in [-0.15, -0.1) is 0 Å². The number of benzene rings is 1. The maximum Gasteiger partial charge on any atom is 0.333 e. The second-order valence-corrected chi connectivity index (χ2v) is 4.17. The lowest BCUT2D eigenvalue weighted by molar-refractivity contribution is 0.0935. The molecule has 0 aromatic heterocycles. The molecule has 1 rings (SSSR count). The van der Waals surface area contributed by atoms with Crippen molar-refractivity contribution < 1.29 is 9.59 Å². The van der Waals surface area contributed by atoms with Gasteiger partial charge in [0.15, 0.2) is 0 Å². The van der Waals surface area contributed by atoms with E-state index in [1.807, 2.05) is 13.0 Å². The fraction of sp³-hybridized carbons (Fsp3) is 0.200. The first-order chi connectivity index (χ1) is 7.56. The Morgan fingerprint density at radius 1 is 1.25 bits per heavy atom. The zero-order valence-electron chi connectivity index (χ0n) is 8.93. The normalized spacial score (nSPS) is 9.44. The molecule has 0 heterocycles. The number of hydrogen-bond donors (Lipinski definition) is 3. The molecule has 0 radical (unpaired) electrons. The van der Waals surface area contributed by atoms with Crippen molar-refractivity contribution in [2.24, 2.45) is 0 Å². The maximum atomic E-state index is 11.7. The molecule has 1 aromatic carbocycles. The average molecular weight is 333 g/mol. The van der Waals surface area contributed by atoms with Gasteiger partial charge in [0, 0.05) is 10.6 Å². The first kappa shape index (κ1) is 12.8. The first-order valence-corrected chi connectivity index (χ1v) is 5.67. The Hall–Kier alpha value is -1.31. The largest absolute Gasteiger partial charge is 0.340 e. The Balaban J connectivity index is 2.74. The van der Waals surface area contributed by atoms with Crippen molar-refractivity contribution in [1.82, 2.24) is 16.2 Å². The summed E-state index contributed by atoms with van der Waals surface area (Å²) in [7, 11) is 1.47. The SMILES string of the molecule is CNC(=O)NNC(=O)c1cccc(C)c1I. The molecular weight excluding hydrogens is 321 g/mol. The molecule has 0 aliphatic carbocycles. The van der Waals surface area contributed by atoms with E-state index in [0.717, 1.165) is 9.13 Å². The van der Waals surface area contributed by atoms with Crippen molar-refractivity contribution in [1.29, 1.82) is 0 Å². The molecule has 1 aromatic rings. The van der Waals surface area contributed by atoms with Gasteiger partial charge >= 0.3 is 6.03 Å². The lowest BCUT2D eigenvalue weighted by Gasteiger charge is -2.09. The Bertz CT molecular complexity index is 421. The van der Waals surface area contributed by atoms with Gasteiger partial charge in [-0.1, -0.05) is 12.1 Å². The third-order valence-electron chi connectivity index (χ3n) is 1.95. The highest BCUT2D eigenvalue weighted by Gasteiger charge is 2.11. The lowest BCUT2D eigenvalue weighted by Crippen LogP contribution is -2.46. The van der Waals surface area contributed by atoms with Gasteiger partial charge < -0.3 is 5.32 Å². The van der Waals surface area contributed by atoms with E-state index >= 15 is 0 Å². The van der Waals surface area contributed by atoms with Crippen LogP contribution >= 0.6 is 22.6 Å². The minimum atomic E-state index is -0.462. The summed E-state index contributed by atoms with van der Waals surface area (Å²) in [5.74, 6) is -0.336. The van der Waals surface area contributed by atoms with Crippen molar-refractivity contribution in [2.45, 2.75) is 6.92 Å². The van der Waals surface area contributed by atoms with Crippen LogP contribution in [-0.2, 0) is 0 Å². The molecule has 0 spiro atoms. The Morgan fingerprint density at radius 2 is 1.94 bits per heavy atom. The predicted octanol–water partition coefficient (Wildman–Crippen LogP) is 1.17. The predicted molar refractivity (Wildman–Crippen MR) is 69.0 cm³/mol. The number of carbonyl (C=O) groups is 2. The molecule has 86 valence electrons. The summed E-state index contributed by atoms with van der Waals surface area (Å²) in [5.41, 5.74) is 6.10. The highest BCUT2D eigenvalue weighted by Crippen LogP contribution is 2.16. The van der Waals surface area contributed by atoms with E-state index in [9.17, 15) is 9.59 Å². The molecule has 0 atom stereocenters. The van der Waals surface area contributed by atoms with Crippen LogP contribution in [0.1, 0.15) is 15.9 Å². The Morgan fingerprint density at radius 3 is 2.56 bits per heavy atom. The summed E-state index contributed by atoms with van der Waals surface area (Å²) in [6.45, 7) is 1.92. The van der Waals surface area contributed by atoms with Crippen LogP contribution in [0.5, 0.6) is 0 Å². The van der Waals surface area contributed by atoms with E-state index in [2.05, 4.69) is 38.8 Å². The fourth-order valence-corrected chi connectivity index (χ4v) is 1.67. The summed E-state index contributed by atoms with van der Waals surface area (Å²) >= 11 is 2.10. The summed E-state index contributed by atoms with van der Waals surface area (Å²) < 4.78 is 0.872. The minimum Gasteiger partial charge on any atom is -0.340 e. The van der Waals surface area contributed by atoms with Crippen molar-refractivity contribution in [3.63, 3.8) is 0 Å². The maximum absolute atomic E-state index is 11.7. The van der Waals surface area contributed by atoms with Crippen LogP contribution in [0.25, 0.3) is 0 Å². The smallest absolute Gasteiger partial charge is 0.333 e. The van der Waals surface area contributed by atoms with Gasteiger partial charge in [-0.2, -0.15) is 0 Å². The number of hydrazine groups is 1. The number of carbonyl (C=O) groups excluding carboxylic acids is 2. The molecule has 16 heavy (non-hydrogen) atoms. The summed E-state index contributed by atoms with van der Waals surface area (Å²) in [6, 6.07) is 4.96. The molecule has 6 heteroatoms. The highest BCUT2D eigenvalue weighted by molar-refractivity contribution is 14.1. The van der Waals surface area contributed by atoms with Gasteiger partial charge in [0.25, 0.3) is 5.91 Å². The molecule has 5 nitrogen and oxygen atoms in total. The standard InChI is InChI=1S/C10H12IN3O2/c1-6-4-3-5-7(8(6)11)9(15)13-14-10(16)12-2/h3-5H,1-2H3,(H,13,15)(H2,12,14,16). The molecule has 0 fully saturated rings. The minimum absolute atomic E-state index is 0.336. The topological polar surface area (TPSA) is 70.2 Å². The average Bonchev–Trinajstić information content (AvgIpc) is 2.29. The number of hydrogen-bond acceptors (Lipinski definition) is 2. The number of urea groups is 1. The Kier molecular flexibility index (Phi) is 4.53. The quantitative estimate of drug-likeness (QED) is 0.533. The highest BCUT2D eigenvalue weighted by atomic mass is 127. The number of nitrogens with one attached hydrogen (secondary N) is 3. The van der Waals surface area contributed by atoms with Crippen molar-refractivity contribution in [2.75, 3.05) is 7.05 Å². The molecule has 3 amide bonds. The molecule has 3 N–H and O–H groups in total. The van der Waals surface area contributed by atoms with Crippen LogP contribution < -0.4 is 16.2 Å². The summed E-state index contributed by atoms with van der Waals surface area (Å²) in [5, 5.41) is 2.33. The van der Waals surface area contributed by atoms with Gasteiger partial charge in [-0.05, 0) is 41.1 Å². The first-order valence-electron chi connectivity index (χ1n) is 4.59. The van der Waals surface area contributed by atoms with Crippen LogP contribution in [0.15, 0.2) is 18.2 Å². The number of aryl methyl sites for hydroxylation is 1. The zero-order chi connectivity index (χ0) is 12.1. The van der Waals surface area contributed by atoms with Gasteiger partial charge in [0.2, 0.25) is 0 Å². The number of rotatable bonds is 1. The number of halogens is 1. The van der Waals surface area contributed by atoms with E-state index in [-0.39, 0.29) is 5.91 Å². The molecular formula is C10H12IN3O2. The van der Waals surface area contributed by atoms with E-state index < -0.39 is 6.03 Å². The van der Waals surface area contributed by atoms with E-state index in [1.54, 1.807) is 12.1 Å². The van der Waals surface area contributed by atoms with Crippen LogP contribution in [-0.4, -0.2) is 19.0 Å². The fourth-order valence-electron chi connectivity index (χ4n) is 1.07. The van der Waals surface area contributed by atoms with Crippen molar-refractivity contribution in [3.8, 4) is 0 Å². The molecule has 0 aliphatic rings. The third-order valence-corrected chi connectivity index (χ3v) is 3.38. The third kappa shape index (κ3) is 3.09. The second-order valence-electron chi connectivity index (χ2n) is 3.09. The van der Waals surface area contributed by atoms with Gasteiger partial charge in [0.05, 0.1) is 5.56 Å². The molecule has 0 aliphatic heterocycles. The molecule has 0 unspecified atom stereocenters. The van der Waals surface area contributed by atoms with Crippen LogP contribution in [0.2, 0.25) is 0 Å². The van der Waals surface area contributed by atoms with Gasteiger partial charge in [-0.3, -0.25) is 10.2 Å². The van der Waals surface area contributed by atoms with E-state index in [4.69, 9.17) is 0 Å². The molecule has 0 saturated heterocycles. The van der Waals surface area contributed by atoms with E-state index in [1.165, 1.54) is 7.05 Å². The zero-order valence-corrected chi connectivity index (χ0v) is 11.1. The summed E-state index contributed by atoms with van der Waals surface area (Å²) in [4.78, 5) is 22.5. The summed E-state index contributed by atoms with van der Waals surface area (Å²) in [6.07, 6.45) is 0. The Labute approximate surface area is 107 Å². The van der Waals surface area contributed by atoms with Crippen LogP contribution in [0, 0.1) is 10.5 Å². The van der Waals surface area contributed by atoms with Crippen LogP contribution in [0.3, 0.4) is 0 Å². The van der Waals surface area contributed by atoms with Crippen molar-refractivity contribution in [3.05, 3.63) is 32.9 Å². The molecule has 0 bridgehead atoms.